The quantitative estimate of drug-likeness (QED) is 0.361. The lowest BCUT2D eigenvalue weighted by molar-refractivity contribution is 0.756. The molecule has 1 aliphatic heterocycles. The molecular weight excluding hydrogens is 446 g/mol. The van der Waals surface area contributed by atoms with Gasteiger partial charge in [0.15, 0.2) is 6.17 Å². The van der Waals surface area contributed by atoms with E-state index in [1.807, 2.05) is 36.4 Å². The fourth-order valence-corrected chi connectivity index (χ4v) is 3.87. The Kier molecular flexibility index (Phi) is 5.46. The molecule has 0 aliphatic carbocycles. The first-order valence-corrected chi connectivity index (χ1v) is 10.9. The van der Waals surface area contributed by atoms with Crippen molar-refractivity contribution in [1.29, 1.82) is 0 Å². The maximum Gasteiger partial charge on any atom is 0.169 e. The maximum atomic E-state index is 4.96. The Bertz CT molecular complexity index is 1250. The van der Waals surface area contributed by atoms with Crippen molar-refractivity contribution < 1.29 is 0 Å². The Morgan fingerprint density at radius 2 is 1.13 bits per heavy atom. The fourth-order valence-electron chi connectivity index (χ4n) is 3.60. The number of nitrogens with zero attached hydrogens (tertiary/aromatic N) is 2. The van der Waals surface area contributed by atoms with E-state index < -0.39 is 0 Å². The predicted molar refractivity (Wildman–Crippen MR) is 131 cm³/mol. The summed E-state index contributed by atoms with van der Waals surface area (Å²) in [5.41, 5.74) is 5.45. The zero-order chi connectivity index (χ0) is 21.0. The van der Waals surface area contributed by atoms with Crippen LogP contribution in [0.4, 0.5) is 0 Å². The SMILES string of the molecule is Brc1ccc(-c2cccc(C3=NC(c4ccccc4)N=C(c4ccccc4)N3)c2)cc1. The molecule has 1 unspecified atom stereocenters. The van der Waals surface area contributed by atoms with Gasteiger partial charge >= 0.3 is 0 Å². The van der Waals surface area contributed by atoms with Crippen LogP contribution in [0.2, 0.25) is 0 Å². The summed E-state index contributed by atoms with van der Waals surface area (Å²) in [4.78, 5) is 9.86. The number of amidine groups is 2. The molecule has 5 rings (SSSR count). The van der Waals surface area contributed by atoms with Crippen LogP contribution >= 0.6 is 15.9 Å². The minimum atomic E-state index is -0.288. The number of hydrogen-bond donors (Lipinski definition) is 1. The number of rotatable bonds is 4. The molecule has 0 radical (unpaired) electrons. The molecule has 31 heavy (non-hydrogen) atoms. The van der Waals surface area contributed by atoms with Crippen LogP contribution in [-0.4, -0.2) is 11.7 Å². The second-order valence-electron chi connectivity index (χ2n) is 7.32. The van der Waals surface area contributed by atoms with Crippen LogP contribution in [0.5, 0.6) is 0 Å². The van der Waals surface area contributed by atoms with Crippen LogP contribution in [0.1, 0.15) is 22.9 Å². The van der Waals surface area contributed by atoms with E-state index in [1.165, 1.54) is 0 Å². The van der Waals surface area contributed by atoms with Gasteiger partial charge in [0.25, 0.3) is 0 Å². The third-order valence-corrected chi connectivity index (χ3v) is 5.73. The van der Waals surface area contributed by atoms with Gasteiger partial charge in [-0.3, -0.25) is 0 Å². The van der Waals surface area contributed by atoms with Crippen molar-refractivity contribution >= 4 is 27.6 Å². The normalized spacial score (nSPS) is 15.6. The molecule has 0 amide bonds. The van der Waals surface area contributed by atoms with Gasteiger partial charge in [0.2, 0.25) is 0 Å². The van der Waals surface area contributed by atoms with Crippen LogP contribution in [0.15, 0.2) is 124 Å². The Labute approximate surface area is 190 Å². The number of aliphatic imine (C=N–C) groups is 2. The minimum Gasteiger partial charge on any atom is -0.324 e. The number of hydrogen-bond acceptors (Lipinski definition) is 3. The van der Waals surface area contributed by atoms with Gasteiger partial charge in [-0.2, -0.15) is 0 Å². The fraction of sp³-hybridized carbons (Fsp3) is 0.0370. The van der Waals surface area contributed by atoms with Crippen LogP contribution in [-0.2, 0) is 0 Å². The van der Waals surface area contributed by atoms with Gasteiger partial charge in [0.05, 0.1) is 0 Å². The summed E-state index contributed by atoms with van der Waals surface area (Å²) < 4.78 is 1.07. The topological polar surface area (TPSA) is 36.8 Å². The highest BCUT2D eigenvalue weighted by atomic mass is 79.9. The molecule has 150 valence electrons. The van der Waals surface area contributed by atoms with Gasteiger partial charge in [0, 0.05) is 15.6 Å². The highest BCUT2D eigenvalue weighted by Crippen LogP contribution is 2.26. The lowest BCUT2D eigenvalue weighted by atomic mass is 10.0. The van der Waals surface area contributed by atoms with Crippen molar-refractivity contribution in [2.75, 3.05) is 0 Å². The molecule has 0 spiro atoms. The Morgan fingerprint density at radius 3 is 1.84 bits per heavy atom. The van der Waals surface area contributed by atoms with E-state index in [9.17, 15) is 0 Å². The second-order valence-corrected chi connectivity index (χ2v) is 8.23. The second kappa shape index (κ2) is 8.70. The van der Waals surface area contributed by atoms with E-state index in [0.29, 0.717) is 0 Å². The molecule has 0 fully saturated rings. The smallest absolute Gasteiger partial charge is 0.169 e. The van der Waals surface area contributed by atoms with E-state index in [-0.39, 0.29) is 6.17 Å². The van der Waals surface area contributed by atoms with Crippen molar-refractivity contribution in [1.82, 2.24) is 5.32 Å². The number of benzene rings is 4. The molecule has 1 N–H and O–H groups in total. The Balaban J connectivity index is 1.56. The van der Waals surface area contributed by atoms with Gasteiger partial charge in [-0.1, -0.05) is 107 Å². The maximum absolute atomic E-state index is 4.96. The molecule has 0 bridgehead atoms. The summed E-state index contributed by atoms with van der Waals surface area (Å²) >= 11 is 3.51. The molecule has 1 heterocycles. The van der Waals surface area contributed by atoms with Crippen LogP contribution < -0.4 is 5.32 Å². The summed E-state index contributed by atoms with van der Waals surface area (Å²) in [6, 6.07) is 37.2. The molecule has 1 atom stereocenters. The largest absolute Gasteiger partial charge is 0.324 e. The van der Waals surface area contributed by atoms with Crippen molar-refractivity contribution in [2.24, 2.45) is 9.98 Å². The Hall–Kier alpha value is -3.50. The predicted octanol–water partition coefficient (Wildman–Crippen LogP) is 6.61. The van der Waals surface area contributed by atoms with Crippen LogP contribution in [0.25, 0.3) is 11.1 Å². The highest BCUT2D eigenvalue weighted by Gasteiger charge is 2.20. The molecule has 4 aromatic carbocycles. The van der Waals surface area contributed by atoms with Crippen molar-refractivity contribution in [3.05, 3.63) is 130 Å². The molecule has 4 aromatic rings. The molecular formula is C27H20BrN3. The molecule has 3 nitrogen and oxygen atoms in total. The van der Waals surface area contributed by atoms with Crippen molar-refractivity contribution in [2.45, 2.75) is 6.17 Å². The van der Waals surface area contributed by atoms with E-state index in [2.05, 4.69) is 94.0 Å². The average molecular weight is 466 g/mol. The van der Waals surface area contributed by atoms with Crippen molar-refractivity contribution in [3.63, 3.8) is 0 Å². The summed E-state index contributed by atoms with van der Waals surface area (Å²) in [7, 11) is 0. The van der Waals surface area contributed by atoms with Gasteiger partial charge in [-0.05, 0) is 34.9 Å². The van der Waals surface area contributed by atoms with Gasteiger partial charge < -0.3 is 5.32 Å². The number of nitrogens with one attached hydrogen (secondary N) is 1. The molecule has 0 saturated heterocycles. The number of halogens is 1. The summed E-state index contributed by atoms with van der Waals surface area (Å²) in [6.07, 6.45) is -0.288. The first kappa shape index (κ1) is 19.5. The van der Waals surface area contributed by atoms with E-state index in [1.54, 1.807) is 0 Å². The van der Waals surface area contributed by atoms with Crippen LogP contribution in [0.3, 0.4) is 0 Å². The standard InChI is InChI=1S/C27H20BrN3/c28-24-16-14-19(15-17-24)22-12-7-13-23(18-22)27-30-25(20-8-3-1-4-9-20)29-26(31-27)21-10-5-2-6-11-21/h1-18,25H,(H,29,30,31). The highest BCUT2D eigenvalue weighted by molar-refractivity contribution is 9.10. The van der Waals surface area contributed by atoms with E-state index in [0.717, 1.165) is 44.0 Å². The lowest BCUT2D eigenvalue weighted by Crippen LogP contribution is -2.36. The lowest BCUT2D eigenvalue weighted by Gasteiger charge is -2.22. The first-order chi connectivity index (χ1) is 15.3. The van der Waals surface area contributed by atoms with Crippen LogP contribution in [0, 0.1) is 0 Å². The molecule has 0 aromatic heterocycles. The zero-order valence-corrected chi connectivity index (χ0v) is 18.3. The van der Waals surface area contributed by atoms with Gasteiger partial charge in [-0.15, -0.1) is 0 Å². The summed E-state index contributed by atoms with van der Waals surface area (Å²) in [5.74, 6) is 1.65. The minimum absolute atomic E-state index is 0.288. The monoisotopic (exact) mass is 465 g/mol. The average Bonchev–Trinajstić information content (AvgIpc) is 2.85. The van der Waals surface area contributed by atoms with Gasteiger partial charge in [-0.25, -0.2) is 9.98 Å². The van der Waals surface area contributed by atoms with Crippen molar-refractivity contribution in [3.8, 4) is 11.1 Å². The third-order valence-electron chi connectivity index (χ3n) is 5.20. The molecule has 1 aliphatic rings. The summed E-state index contributed by atoms with van der Waals surface area (Å²) in [5, 5.41) is 3.47. The van der Waals surface area contributed by atoms with E-state index in [4.69, 9.17) is 9.98 Å². The summed E-state index contributed by atoms with van der Waals surface area (Å²) in [6.45, 7) is 0. The first-order valence-electron chi connectivity index (χ1n) is 10.2. The molecule has 4 heteroatoms. The van der Waals surface area contributed by atoms with E-state index >= 15 is 0 Å². The van der Waals surface area contributed by atoms with Gasteiger partial charge in [0.1, 0.15) is 11.7 Å². The molecule has 0 saturated carbocycles. The third kappa shape index (κ3) is 4.35. The zero-order valence-electron chi connectivity index (χ0n) is 16.7. The Morgan fingerprint density at radius 1 is 0.548 bits per heavy atom.